The van der Waals surface area contributed by atoms with Crippen molar-refractivity contribution in [3.05, 3.63) is 22.4 Å². The van der Waals surface area contributed by atoms with E-state index in [0.29, 0.717) is 34.9 Å². The highest BCUT2D eigenvalue weighted by atomic mass is 35.5. The molecule has 160 valence electrons. The highest BCUT2D eigenvalue weighted by molar-refractivity contribution is 6.32. The Labute approximate surface area is 181 Å². The van der Waals surface area contributed by atoms with Gasteiger partial charge in [0.2, 0.25) is 5.91 Å². The fourth-order valence-corrected chi connectivity index (χ4v) is 5.22. The molecule has 3 aliphatic rings. The Hall–Kier alpha value is -1.47. The SMILES string of the molecule is CCC(C)CC(=O)N1CC[C@H](N(CC2CCCCC2)C2=CC(Cl)=C(C#N)CC2)C1. The first-order chi connectivity index (χ1) is 14.0. The van der Waals surface area contributed by atoms with Crippen LogP contribution in [-0.2, 0) is 4.79 Å². The third-order valence-electron chi connectivity index (χ3n) is 7.07. The number of carbonyl (C=O) groups is 1. The lowest BCUT2D eigenvalue weighted by molar-refractivity contribution is -0.131. The number of hydrogen-bond acceptors (Lipinski definition) is 3. The molecule has 1 saturated carbocycles. The molecule has 4 nitrogen and oxygen atoms in total. The Balaban J connectivity index is 1.73. The Bertz CT molecular complexity index is 687. The van der Waals surface area contributed by atoms with E-state index in [1.54, 1.807) is 0 Å². The van der Waals surface area contributed by atoms with Gasteiger partial charge in [0.05, 0.1) is 11.1 Å². The van der Waals surface area contributed by atoms with E-state index in [2.05, 4.69) is 29.7 Å². The van der Waals surface area contributed by atoms with Gasteiger partial charge in [0.15, 0.2) is 0 Å². The van der Waals surface area contributed by atoms with Crippen molar-refractivity contribution in [2.24, 2.45) is 11.8 Å². The van der Waals surface area contributed by atoms with Crippen LogP contribution in [-0.4, -0.2) is 41.4 Å². The summed E-state index contributed by atoms with van der Waals surface area (Å²) in [4.78, 5) is 17.3. The molecule has 1 aliphatic heterocycles. The summed E-state index contributed by atoms with van der Waals surface area (Å²) in [5.41, 5.74) is 1.96. The summed E-state index contributed by atoms with van der Waals surface area (Å²) < 4.78 is 0. The molecule has 5 heteroatoms. The number of carbonyl (C=O) groups excluding carboxylic acids is 1. The molecule has 2 aliphatic carbocycles. The molecular weight excluding hydrogens is 382 g/mol. The fraction of sp³-hybridized carbons (Fsp3) is 0.750. The summed E-state index contributed by atoms with van der Waals surface area (Å²) in [6.07, 6.45) is 13.0. The maximum absolute atomic E-state index is 12.7. The Kier molecular flexibility index (Phi) is 8.07. The molecule has 0 N–H and O–H groups in total. The van der Waals surface area contributed by atoms with Crippen LogP contribution < -0.4 is 0 Å². The molecule has 29 heavy (non-hydrogen) atoms. The van der Waals surface area contributed by atoms with E-state index in [1.165, 1.54) is 37.8 Å². The molecule has 1 amide bonds. The van der Waals surface area contributed by atoms with E-state index >= 15 is 0 Å². The number of likely N-dealkylation sites (tertiary alicyclic amines) is 1. The molecule has 0 bridgehead atoms. The van der Waals surface area contributed by atoms with E-state index < -0.39 is 0 Å². The van der Waals surface area contributed by atoms with Crippen molar-refractivity contribution in [2.75, 3.05) is 19.6 Å². The first-order valence-corrected chi connectivity index (χ1v) is 11.9. The van der Waals surface area contributed by atoms with E-state index in [9.17, 15) is 10.1 Å². The summed E-state index contributed by atoms with van der Waals surface area (Å²) >= 11 is 6.41. The first kappa shape index (κ1) is 22.2. The summed E-state index contributed by atoms with van der Waals surface area (Å²) in [6, 6.07) is 2.61. The zero-order chi connectivity index (χ0) is 20.8. The van der Waals surface area contributed by atoms with Crippen molar-refractivity contribution >= 4 is 17.5 Å². The lowest BCUT2D eigenvalue weighted by Gasteiger charge is -2.38. The van der Waals surface area contributed by atoms with Gasteiger partial charge in [0, 0.05) is 43.4 Å². The van der Waals surface area contributed by atoms with Crippen LogP contribution in [0.25, 0.3) is 0 Å². The third kappa shape index (κ3) is 5.79. The Morgan fingerprint density at radius 2 is 2.07 bits per heavy atom. The number of halogens is 1. The molecule has 0 aromatic heterocycles. The molecule has 1 unspecified atom stereocenters. The second-order valence-electron chi connectivity index (χ2n) is 9.23. The molecule has 3 rings (SSSR count). The molecule has 0 spiro atoms. The second kappa shape index (κ2) is 10.5. The molecule has 1 heterocycles. The highest BCUT2D eigenvalue weighted by Crippen LogP contribution is 2.34. The average molecular weight is 418 g/mol. The fourth-order valence-electron chi connectivity index (χ4n) is 4.96. The minimum Gasteiger partial charge on any atom is -0.370 e. The van der Waals surface area contributed by atoms with Gasteiger partial charge in [0.25, 0.3) is 0 Å². The van der Waals surface area contributed by atoms with Crippen molar-refractivity contribution in [3.8, 4) is 6.07 Å². The van der Waals surface area contributed by atoms with E-state index in [0.717, 1.165) is 51.2 Å². The normalized spacial score (nSPS) is 24.3. The van der Waals surface area contributed by atoms with Crippen molar-refractivity contribution in [1.29, 1.82) is 5.26 Å². The molecule has 0 radical (unpaired) electrons. The number of allylic oxidation sites excluding steroid dienone is 4. The average Bonchev–Trinajstić information content (AvgIpc) is 3.22. The Morgan fingerprint density at radius 3 is 2.72 bits per heavy atom. The van der Waals surface area contributed by atoms with Crippen LogP contribution in [0.3, 0.4) is 0 Å². The highest BCUT2D eigenvalue weighted by Gasteiger charge is 2.33. The van der Waals surface area contributed by atoms with Gasteiger partial charge >= 0.3 is 0 Å². The smallest absolute Gasteiger partial charge is 0.222 e. The van der Waals surface area contributed by atoms with Gasteiger partial charge in [-0.1, -0.05) is 51.1 Å². The largest absolute Gasteiger partial charge is 0.370 e. The molecule has 2 atom stereocenters. The maximum Gasteiger partial charge on any atom is 0.222 e. The minimum atomic E-state index is 0.307. The van der Waals surface area contributed by atoms with Crippen LogP contribution >= 0.6 is 11.6 Å². The van der Waals surface area contributed by atoms with Gasteiger partial charge in [-0.15, -0.1) is 0 Å². The number of nitrogens with zero attached hydrogens (tertiary/aromatic N) is 3. The monoisotopic (exact) mass is 417 g/mol. The van der Waals surface area contributed by atoms with Gasteiger partial charge in [-0.2, -0.15) is 5.26 Å². The van der Waals surface area contributed by atoms with Gasteiger partial charge in [-0.05, 0) is 50.0 Å². The Morgan fingerprint density at radius 1 is 1.31 bits per heavy atom. The van der Waals surface area contributed by atoms with Crippen LogP contribution in [0.2, 0.25) is 0 Å². The topological polar surface area (TPSA) is 47.3 Å². The summed E-state index contributed by atoms with van der Waals surface area (Å²) in [5, 5.41) is 9.87. The maximum atomic E-state index is 12.7. The van der Waals surface area contributed by atoms with E-state index in [1.807, 2.05) is 6.08 Å². The summed E-state index contributed by atoms with van der Waals surface area (Å²) in [7, 11) is 0. The summed E-state index contributed by atoms with van der Waals surface area (Å²) in [6.45, 7) is 7.07. The van der Waals surface area contributed by atoms with Crippen LogP contribution in [0, 0.1) is 23.2 Å². The molecule has 2 fully saturated rings. The molecular formula is C24H36ClN3O. The van der Waals surface area contributed by atoms with Crippen molar-refractivity contribution in [3.63, 3.8) is 0 Å². The predicted molar refractivity (Wildman–Crippen MR) is 118 cm³/mol. The second-order valence-corrected chi connectivity index (χ2v) is 9.64. The van der Waals surface area contributed by atoms with Gasteiger partial charge in [-0.25, -0.2) is 0 Å². The predicted octanol–water partition coefficient (Wildman–Crippen LogP) is 5.60. The van der Waals surface area contributed by atoms with E-state index in [-0.39, 0.29) is 0 Å². The summed E-state index contributed by atoms with van der Waals surface area (Å²) in [5.74, 6) is 1.49. The van der Waals surface area contributed by atoms with Crippen LogP contribution in [0.5, 0.6) is 0 Å². The van der Waals surface area contributed by atoms with Crippen molar-refractivity contribution in [1.82, 2.24) is 9.80 Å². The number of amides is 1. The van der Waals surface area contributed by atoms with Crippen LogP contribution in [0.4, 0.5) is 0 Å². The van der Waals surface area contributed by atoms with Crippen LogP contribution in [0.15, 0.2) is 22.4 Å². The van der Waals surface area contributed by atoms with Gasteiger partial charge in [0.1, 0.15) is 0 Å². The number of nitriles is 1. The zero-order valence-corrected chi connectivity index (χ0v) is 18.9. The number of hydrogen-bond donors (Lipinski definition) is 0. The first-order valence-electron chi connectivity index (χ1n) is 11.6. The third-order valence-corrected chi connectivity index (χ3v) is 7.41. The lowest BCUT2D eigenvalue weighted by atomic mass is 9.88. The zero-order valence-electron chi connectivity index (χ0n) is 18.1. The van der Waals surface area contributed by atoms with E-state index in [4.69, 9.17) is 11.6 Å². The molecule has 0 aromatic carbocycles. The van der Waals surface area contributed by atoms with Crippen LogP contribution in [0.1, 0.15) is 78.1 Å². The lowest BCUT2D eigenvalue weighted by Crippen LogP contribution is -2.41. The number of rotatable bonds is 7. The van der Waals surface area contributed by atoms with Gasteiger partial charge in [-0.3, -0.25) is 4.79 Å². The van der Waals surface area contributed by atoms with Gasteiger partial charge < -0.3 is 9.80 Å². The quantitative estimate of drug-likeness (QED) is 0.541. The minimum absolute atomic E-state index is 0.307. The van der Waals surface area contributed by atoms with Crippen molar-refractivity contribution < 1.29 is 4.79 Å². The van der Waals surface area contributed by atoms with Crippen molar-refractivity contribution in [2.45, 2.75) is 84.1 Å². The molecule has 0 aromatic rings. The standard InChI is InChI=1S/C24H36ClN3O/c1-3-18(2)13-24(29)27-12-11-22(17-27)28(16-19-7-5-4-6-8-19)21-10-9-20(15-26)23(25)14-21/h14,18-19,22H,3-13,16-17H2,1-2H3/t18?,22-/m0/s1. The molecule has 1 saturated heterocycles.